The molecule has 0 bridgehead atoms. The number of benzene rings is 2. The minimum absolute atomic E-state index is 0.221. The summed E-state index contributed by atoms with van der Waals surface area (Å²) in [6.45, 7) is 5.89. The average molecular weight is 419 g/mol. The van der Waals surface area contributed by atoms with Gasteiger partial charge >= 0.3 is 0 Å². The molecule has 7 heteroatoms. The van der Waals surface area contributed by atoms with E-state index in [-0.39, 0.29) is 11.9 Å². The minimum Gasteiger partial charge on any atom is -0.489 e. The van der Waals surface area contributed by atoms with Crippen LogP contribution in [0.4, 0.5) is 0 Å². The van der Waals surface area contributed by atoms with Crippen LogP contribution in [-0.2, 0) is 6.61 Å². The number of hydrogen-bond acceptors (Lipinski definition) is 4. The first-order valence-electron chi connectivity index (χ1n) is 8.75. The fraction of sp³-hybridized carbons (Fsp3) is 0.238. The quantitative estimate of drug-likeness (QED) is 0.559. The number of aromatic nitrogens is 1. The molecule has 0 aliphatic carbocycles. The summed E-state index contributed by atoms with van der Waals surface area (Å²) in [6.07, 6.45) is 0. The first-order chi connectivity index (χ1) is 13.3. The number of nitrogens with one attached hydrogen (secondary N) is 1. The van der Waals surface area contributed by atoms with Gasteiger partial charge in [0.15, 0.2) is 0 Å². The summed E-state index contributed by atoms with van der Waals surface area (Å²) >= 11 is 12.2. The van der Waals surface area contributed by atoms with Crippen molar-refractivity contribution in [3.63, 3.8) is 0 Å². The third-order valence-corrected chi connectivity index (χ3v) is 5.00. The highest BCUT2D eigenvalue weighted by Gasteiger charge is 2.15. The lowest BCUT2D eigenvalue weighted by Gasteiger charge is -2.16. The van der Waals surface area contributed by atoms with E-state index in [4.69, 9.17) is 32.5 Å². The number of carbonyl (C=O) groups is 1. The van der Waals surface area contributed by atoms with E-state index >= 15 is 0 Å². The zero-order valence-corrected chi connectivity index (χ0v) is 17.3. The van der Waals surface area contributed by atoms with Gasteiger partial charge in [-0.15, -0.1) is 0 Å². The molecule has 146 valence electrons. The zero-order chi connectivity index (χ0) is 20.3. The van der Waals surface area contributed by atoms with Gasteiger partial charge in [0, 0.05) is 15.6 Å². The van der Waals surface area contributed by atoms with Crippen LogP contribution in [0.3, 0.4) is 0 Å². The predicted octanol–water partition coefficient (Wildman–Crippen LogP) is 5.67. The maximum absolute atomic E-state index is 12.6. The highest BCUT2D eigenvalue weighted by molar-refractivity contribution is 6.35. The Balaban J connectivity index is 1.68. The predicted molar refractivity (Wildman–Crippen MR) is 109 cm³/mol. The molecule has 0 saturated heterocycles. The highest BCUT2D eigenvalue weighted by atomic mass is 35.5. The van der Waals surface area contributed by atoms with Crippen LogP contribution in [0.5, 0.6) is 5.75 Å². The first-order valence-corrected chi connectivity index (χ1v) is 9.51. The van der Waals surface area contributed by atoms with Crippen molar-refractivity contribution in [1.82, 2.24) is 10.5 Å². The standard InChI is InChI=1S/C21H20Cl2N2O3/c1-12(18-8-7-16(22)10-20(18)23)24-21(26)15-5-4-6-17(9-15)27-11-19-13(2)25-28-14(19)3/h4-10,12H,11H2,1-3H3,(H,24,26)/t12-/m0/s1. The highest BCUT2D eigenvalue weighted by Crippen LogP contribution is 2.26. The molecular formula is C21H20Cl2N2O3. The molecule has 0 spiro atoms. The molecule has 0 radical (unpaired) electrons. The van der Waals surface area contributed by atoms with Gasteiger partial charge in [-0.05, 0) is 56.7 Å². The van der Waals surface area contributed by atoms with Crippen LogP contribution in [0.1, 0.15) is 45.9 Å². The number of aryl methyl sites for hydroxylation is 2. The number of amides is 1. The molecule has 1 atom stereocenters. The van der Waals surface area contributed by atoms with Crippen molar-refractivity contribution >= 4 is 29.1 Å². The van der Waals surface area contributed by atoms with Crippen LogP contribution in [0, 0.1) is 13.8 Å². The molecule has 0 saturated carbocycles. The van der Waals surface area contributed by atoms with Crippen molar-refractivity contribution in [3.05, 3.63) is 80.7 Å². The lowest BCUT2D eigenvalue weighted by Crippen LogP contribution is -2.26. The third kappa shape index (κ3) is 4.66. The molecule has 0 fully saturated rings. The monoisotopic (exact) mass is 418 g/mol. The Bertz CT molecular complexity index is 982. The molecule has 0 aliphatic rings. The number of carbonyl (C=O) groups excluding carboxylic acids is 1. The van der Waals surface area contributed by atoms with E-state index in [1.165, 1.54) is 0 Å². The van der Waals surface area contributed by atoms with Crippen LogP contribution in [0.15, 0.2) is 47.0 Å². The van der Waals surface area contributed by atoms with Gasteiger partial charge in [0.1, 0.15) is 18.1 Å². The van der Waals surface area contributed by atoms with Crippen molar-refractivity contribution in [3.8, 4) is 5.75 Å². The van der Waals surface area contributed by atoms with Gasteiger partial charge in [0.2, 0.25) is 0 Å². The van der Waals surface area contributed by atoms with Gasteiger partial charge in [0.25, 0.3) is 5.91 Å². The molecule has 3 rings (SSSR count). The average Bonchev–Trinajstić information content (AvgIpc) is 2.98. The molecule has 1 heterocycles. The van der Waals surface area contributed by atoms with Gasteiger partial charge in [-0.2, -0.15) is 0 Å². The van der Waals surface area contributed by atoms with Crippen LogP contribution in [0.2, 0.25) is 10.0 Å². The van der Waals surface area contributed by atoms with Crippen molar-refractivity contribution in [2.45, 2.75) is 33.4 Å². The van der Waals surface area contributed by atoms with Crippen molar-refractivity contribution in [1.29, 1.82) is 0 Å². The van der Waals surface area contributed by atoms with Crippen molar-refractivity contribution < 1.29 is 14.1 Å². The van der Waals surface area contributed by atoms with E-state index in [9.17, 15) is 4.79 Å². The number of halogens is 2. The lowest BCUT2D eigenvalue weighted by atomic mass is 10.1. The minimum atomic E-state index is -0.274. The fourth-order valence-corrected chi connectivity index (χ4v) is 3.37. The number of nitrogens with zero attached hydrogens (tertiary/aromatic N) is 1. The van der Waals surface area contributed by atoms with Gasteiger partial charge in [-0.3, -0.25) is 4.79 Å². The summed E-state index contributed by atoms with van der Waals surface area (Å²) in [6, 6.07) is 11.9. The lowest BCUT2D eigenvalue weighted by molar-refractivity contribution is 0.0939. The van der Waals surface area contributed by atoms with Crippen LogP contribution >= 0.6 is 23.2 Å². The summed E-state index contributed by atoms with van der Waals surface area (Å²) in [5.74, 6) is 1.09. The summed E-state index contributed by atoms with van der Waals surface area (Å²) in [5, 5.41) is 7.91. The third-order valence-electron chi connectivity index (χ3n) is 4.44. The van der Waals surface area contributed by atoms with Crippen LogP contribution in [-0.4, -0.2) is 11.1 Å². The summed E-state index contributed by atoms with van der Waals surface area (Å²) in [7, 11) is 0. The summed E-state index contributed by atoms with van der Waals surface area (Å²) in [5.41, 5.74) is 2.99. The van der Waals surface area contributed by atoms with Crippen molar-refractivity contribution in [2.24, 2.45) is 0 Å². The molecule has 3 aromatic rings. The fourth-order valence-electron chi connectivity index (χ4n) is 2.80. The maximum Gasteiger partial charge on any atom is 0.251 e. The topological polar surface area (TPSA) is 64.4 Å². The van der Waals surface area contributed by atoms with Gasteiger partial charge in [0.05, 0.1) is 17.3 Å². The van der Waals surface area contributed by atoms with E-state index < -0.39 is 0 Å². The molecular weight excluding hydrogens is 399 g/mol. The zero-order valence-electron chi connectivity index (χ0n) is 15.8. The number of ether oxygens (including phenoxy) is 1. The smallest absolute Gasteiger partial charge is 0.251 e. The SMILES string of the molecule is Cc1noc(C)c1COc1cccc(C(=O)N[C@@H](C)c2ccc(Cl)cc2Cl)c1. The largest absolute Gasteiger partial charge is 0.489 e. The second-order valence-corrected chi connectivity index (χ2v) is 7.32. The van der Waals surface area contributed by atoms with E-state index in [0.29, 0.717) is 28.0 Å². The van der Waals surface area contributed by atoms with Crippen LogP contribution < -0.4 is 10.1 Å². The molecule has 0 aliphatic heterocycles. The van der Waals surface area contributed by atoms with E-state index in [0.717, 1.165) is 22.6 Å². The molecule has 1 aromatic heterocycles. The number of hydrogen-bond donors (Lipinski definition) is 1. The van der Waals surface area contributed by atoms with Crippen LogP contribution in [0.25, 0.3) is 0 Å². The second-order valence-electron chi connectivity index (χ2n) is 6.48. The van der Waals surface area contributed by atoms with Gasteiger partial charge in [-0.1, -0.05) is 40.5 Å². The Morgan fingerprint density at radius 1 is 1.21 bits per heavy atom. The maximum atomic E-state index is 12.6. The molecule has 1 N–H and O–H groups in total. The van der Waals surface area contributed by atoms with E-state index in [1.54, 1.807) is 42.5 Å². The molecule has 0 unspecified atom stereocenters. The van der Waals surface area contributed by atoms with Crippen molar-refractivity contribution in [2.75, 3.05) is 0 Å². The molecule has 2 aromatic carbocycles. The summed E-state index contributed by atoms with van der Waals surface area (Å²) < 4.78 is 10.9. The van der Waals surface area contributed by atoms with Gasteiger partial charge < -0.3 is 14.6 Å². The Morgan fingerprint density at radius 2 is 2.00 bits per heavy atom. The Morgan fingerprint density at radius 3 is 2.68 bits per heavy atom. The molecule has 5 nitrogen and oxygen atoms in total. The second kappa shape index (κ2) is 8.67. The van der Waals surface area contributed by atoms with E-state index in [2.05, 4.69) is 10.5 Å². The van der Waals surface area contributed by atoms with Gasteiger partial charge in [-0.25, -0.2) is 0 Å². The Labute approximate surface area is 173 Å². The molecule has 28 heavy (non-hydrogen) atoms. The first kappa shape index (κ1) is 20.2. The Hall–Kier alpha value is -2.50. The normalized spacial score (nSPS) is 11.9. The number of rotatable bonds is 6. The summed E-state index contributed by atoms with van der Waals surface area (Å²) in [4.78, 5) is 12.6. The van der Waals surface area contributed by atoms with E-state index in [1.807, 2.05) is 20.8 Å². The molecule has 1 amide bonds. The Kier molecular flexibility index (Phi) is 6.27.